The van der Waals surface area contributed by atoms with E-state index in [9.17, 15) is 19.2 Å². The van der Waals surface area contributed by atoms with Gasteiger partial charge in [0.1, 0.15) is 17.9 Å². The van der Waals surface area contributed by atoms with E-state index in [-0.39, 0.29) is 35.7 Å². The van der Waals surface area contributed by atoms with E-state index in [2.05, 4.69) is 25.8 Å². The van der Waals surface area contributed by atoms with Crippen molar-refractivity contribution in [3.8, 4) is 5.88 Å². The molecule has 0 radical (unpaired) electrons. The van der Waals surface area contributed by atoms with E-state index in [0.29, 0.717) is 31.7 Å². The second-order valence-electron chi connectivity index (χ2n) is 13.4. The normalized spacial score (nSPS) is 18.4. The van der Waals surface area contributed by atoms with E-state index in [1.54, 1.807) is 31.7 Å². The van der Waals surface area contributed by atoms with Crippen LogP contribution >= 0.6 is 0 Å². The second-order valence-corrected chi connectivity index (χ2v) is 13.4. The number of pyridine rings is 1. The molecule has 14 heteroatoms. The van der Waals surface area contributed by atoms with Crippen LogP contribution in [-0.2, 0) is 25.1 Å². The van der Waals surface area contributed by atoms with Crippen LogP contribution in [0.1, 0.15) is 76.3 Å². The van der Waals surface area contributed by atoms with Crippen LogP contribution in [0.15, 0.2) is 36.5 Å². The number of ether oxygens (including phenoxy) is 1. The number of carbonyl (C=O) groups excluding carboxylic acids is 4. The molecular weight excluding hydrogens is 653 g/mol. The van der Waals surface area contributed by atoms with Gasteiger partial charge in [-0.25, -0.2) is 9.37 Å². The third kappa shape index (κ3) is 9.32. The number of hydrogen-bond donors (Lipinski definition) is 3. The van der Waals surface area contributed by atoms with Gasteiger partial charge >= 0.3 is 5.92 Å². The van der Waals surface area contributed by atoms with Crippen LogP contribution in [0.3, 0.4) is 0 Å². The lowest BCUT2D eigenvalue weighted by Gasteiger charge is -2.36. The summed E-state index contributed by atoms with van der Waals surface area (Å²) in [5.74, 6) is -9.00. The van der Waals surface area contributed by atoms with Crippen LogP contribution in [0.5, 0.6) is 5.88 Å². The van der Waals surface area contributed by atoms with Crippen LogP contribution in [0, 0.1) is 17.7 Å². The Balaban J connectivity index is 1.55. The van der Waals surface area contributed by atoms with Crippen molar-refractivity contribution in [1.82, 2.24) is 25.4 Å². The maximum Gasteiger partial charge on any atom is 0.351 e. The first-order valence-electron chi connectivity index (χ1n) is 17.3. The van der Waals surface area contributed by atoms with E-state index in [1.165, 1.54) is 25.3 Å². The zero-order chi connectivity index (χ0) is 36.6. The highest BCUT2D eigenvalue weighted by atomic mass is 19.3. The van der Waals surface area contributed by atoms with Crippen molar-refractivity contribution in [2.24, 2.45) is 11.8 Å². The van der Waals surface area contributed by atoms with E-state index < -0.39 is 53.0 Å². The topological polar surface area (TPSA) is 133 Å². The molecule has 2 aliphatic rings. The number of rotatable bonds is 13. The van der Waals surface area contributed by atoms with Gasteiger partial charge in [-0.05, 0) is 42.6 Å². The number of alkyl halides is 2. The molecule has 4 atom stereocenters. The molecule has 4 rings (SSSR count). The van der Waals surface area contributed by atoms with Gasteiger partial charge in [-0.15, -0.1) is 0 Å². The van der Waals surface area contributed by atoms with Crippen LogP contribution in [-0.4, -0.2) is 90.8 Å². The number of aromatic nitrogens is 1. The SMILES string of the molecule is CCC(=O)N[C@@H](C(=O)N1CCN(C)CC1)[C@@H](C)c1ccc(NC(=O)[C@@H](NC(=O)C(F)(F)c2ccc(OC)nc2)[C@@H](C)C2CCCCC2)c(F)c1. The highest BCUT2D eigenvalue weighted by Crippen LogP contribution is 2.34. The number of anilines is 1. The molecule has 274 valence electrons. The van der Waals surface area contributed by atoms with Crippen LogP contribution in [0.4, 0.5) is 18.9 Å². The summed E-state index contributed by atoms with van der Waals surface area (Å²) in [5.41, 5.74) is -0.472. The molecule has 0 bridgehead atoms. The Morgan fingerprint density at radius 1 is 0.980 bits per heavy atom. The van der Waals surface area contributed by atoms with Gasteiger partial charge in [-0.3, -0.25) is 19.2 Å². The molecule has 2 heterocycles. The molecule has 2 aromatic rings. The molecule has 1 aromatic carbocycles. The number of piperazine rings is 1. The first kappa shape index (κ1) is 38.6. The molecule has 2 fully saturated rings. The quantitative estimate of drug-likeness (QED) is 0.281. The fraction of sp³-hybridized carbons (Fsp3) is 0.583. The van der Waals surface area contributed by atoms with Crippen molar-refractivity contribution in [2.45, 2.75) is 83.2 Å². The van der Waals surface area contributed by atoms with Gasteiger partial charge in [0.05, 0.1) is 12.8 Å². The van der Waals surface area contributed by atoms with Crippen molar-refractivity contribution in [3.63, 3.8) is 0 Å². The van der Waals surface area contributed by atoms with Gasteiger partial charge in [-0.2, -0.15) is 8.78 Å². The lowest BCUT2D eigenvalue weighted by molar-refractivity contribution is -0.149. The van der Waals surface area contributed by atoms with Gasteiger partial charge in [0, 0.05) is 56.3 Å². The monoisotopic (exact) mass is 702 g/mol. The zero-order valence-electron chi connectivity index (χ0n) is 29.4. The van der Waals surface area contributed by atoms with E-state index in [4.69, 9.17) is 4.74 Å². The van der Waals surface area contributed by atoms with Gasteiger partial charge in [0.2, 0.25) is 23.6 Å². The first-order chi connectivity index (χ1) is 23.8. The molecule has 11 nitrogen and oxygen atoms in total. The highest BCUT2D eigenvalue weighted by Gasteiger charge is 2.45. The minimum atomic E-state index is -4.02. The fourth-order valence-corrected chi connectivity index (χ4v) is 6.64. The molecule has 1 aliphatic carbocycles. The number of amides is 4. The molecule has 1 aliphatic heterocycles. The Kier molecular flexibility index (Phi) is 13.2. The Morgan fingerprint density at radius 2 is 1.66 bits per heavy atom. The molecule has 1 saturated carbocycles. The Bertz CT molecular complexity index is 1500. The number of benzene rings is 1. The van der Waals surface area contributed by atoms with Crippen molar-refractivity contribution in [1.29, 1.82) is 0 Å². The van der Waals surface area contributed by atoms with Gasteiger partial charge in [0.25, 0.3) is 5.91 Å². The maximum absolute atomic E-state index is 15.7. The number of halogens is 3. The first-order valence-corrected chi connectivity index (χ1v) is 17.3. The van der Waals surface area contributed by atoms with Crippen LogP contribution in [0.25, 0.3) is 0 Å². The highest BCUT2D eigenvalue weighted by molar-refractivity contribution is 5.98. The lowest BCUT2D eigenvalue weighted by Crippen LogP contribution is -2.55. The predicted octanol–water partition coefficient (Wildman–Crippen LogP) is 4.43. The summed E-state index contributed by atoms with van der Waals surface area (Å²) in [6, 6.07) is 3.97. The van der Waals surface area contributed by atoms with E-state index in [0.717, 1.165) is 44.4 Å². The molecule has 1 aromatic heterocycles. The average Bonchev–Trinajstić information content (AvgIpc) is 3.13. The van der Waals surface area contributed by atoms with Crippen molar-refractivity contribution >= 4 is 29.3 Å². The molecule has 0 spiro atoms. The van der Waals surface area contributed by atoms with Gasteiger partial charge in [0.15, 0.2) is 0 Å². The van der Waals surface area contributed by atoms with Crippen LogP contribution < -0.4 is 20.7 Å². The standard InChI is InChI=1S/C36H49F3N6O5/c1-6-29(46)42-32(34(48)45-18-16-44(4)17-19-45)23(3)25-12-14-28(27(37)20-25)41-33(47)31(22(2)24-10-8-7-9-11-24)43-35(49)36(38,39)26-13-15-30(50-5)40-21-26/h12-15,20-24,31-32H,6-11,16-19H2,1-5H3,(H,41,47)(H,42,46)(H,43,49)/t22-,23-,31-,32+/m0/s1. The fourth-order valence-electron chi connectivity index (χ4n) is 6.64. The molecule has 0 unspecified atom stereocenters. The number of nitrogens with one attached hydrogen (secondary N) is 3. The van der Waals surface area contributed by atoms with Crippen LogP contribution in [0.2, 0.25) is 0 Å². The van der Waals surface area contributed by atoms with Crippen molar-refractivity contribution < 1.29 is 37.1 Å². The number of carbonyl (C=O) groups is 4. The summed E-state index contributed by atoms with van der Waals surface area (Å²) in [6.07, 6.45) is 5.39. The summed E-state index contributed by atoms with van der Waals surface area (Å²) in [4.78, 5) is 60.4. The summed E-state index contributed by atoms with van der Waals surface area (Å²) >= 11 is 0. The Labute approximate surface area is 291 Å². The number of likely N-dealkylation sites (N-methyl/N-ethyl adjacent to an activating group) is 1. The van der Waals surface area contributed by atoms with E-state index >= 15 is 13.2 Å². The number of methoxy groups -OCH3 is 1. The predicted molar refractivity (Wildman–Crippen MR) is 182 cm³/mol. The molecular formula is C36H49F3N6O5. The lowest BCUT2D eigenvalue weighted by atomic mass is 9.77. The van der Waals surface area contributed by atoms with Crippen molar-refractivity contribution in [2.75, 3.05) is 45.7 Å². The summed E-state index contributed by atoms with van der Waals surface area (Å²) < 4.78 is 51.3. The summed E-state index contributed by atoms with van der Waals surface area (Å²) in [6.45, 7) is 7.51. The van der Waals surface area contributed by atoms with E-state index in [1.807, 2.05) is 7.05 Å². The molecule has 4 amide bonds. The second kappa shape index (κ2) is 17.1. The summed E-state index contributed by atoms with van der Waals surface area (Å²) in [7, 11) is 3.30. The van der Waals surface area contributed by atoms with Gasteiger partial charge < -0.3 is 30.5 Å². The summed E-state index contributed by atoms with van der Waals surface area (Å²) in [5, 5.41) is 7.57. The number of hydrogen-bond acceptors (Lipinski definition) is 7. The maximum atomic E-state index is 15.7. The molecule has 1 saturated heterocycles. The minimum absolute atomic E-state index is 0.0164. The zero-order valence-corrected chi connectivity index (χ0v) is 29.4. The smallest absolute Gasteiger partial charge is 0.351 e. The third-order valence-corrected chi connectivity index (χ3v) is 10.1. The Morgan fingerprint density at radius 3 is 2.24 bits per heavy atom. The largest absolute Gasteiger partial charge is 0.481 e. The minimum Gasteiger partial charge on any atom is -0.481 e. The van der Waals surface area contributed by atoms with Gasteiger partial charge in [-0.1, -0.05) is 58.9 Å². The Hall–Kier alpha value is -4.20. The average molecular weight is 703 g/mol. The van der Waals surface area contributed by atoms with Crippen molar-refractivity contribution in [3.05, 3.63) is 53.5 Å². The number of nitrogens with zero attached hydrogens (tertiary/aromatic N) is 3. The molecule has 3 N–H and O–H groups in total. The molecule has 50 heavy (non-hydrogen) atoms. The third-order valence-electron chi connectivity index (χ3n) is 10.1.